The third-order valence-corrected chi connectivity index (χ3v) is 14.8. The monoisotopic (exact) mass is 936 g/mol. The maximum Gasteiger partial charge on any atom is 0.163 e. The Morgan fingerprint density at radius 3 is 1.44 bits per heavy atom. The van der Waals surface area contributed by atoms with E-state index in [-0.39, 0.29) is 11.8 Å². The van der Waals surface area contributed by atoms with Crippen molar-refractivity contribution in [1.82, 2.24) is 19.5 Å². The molecule has 4 heteroatoms. The highest BCUT2D eigenvalue weighted by molar-refractivity contribution is 6.13. The Bertz CT molecular complexity index is 3760. The first-order valence-corrected chi connectivity index (χ1v) is 25.6. The van der Waals surface area contributed by atoms with E-state index in [4.69, 9.17) is 15.0 Å². The Morgan fingerprint density at radius 1 is 0.370 bits per heavy atom. The molecule has 0 N–H and O–H groups in total. The largest absolute Gasteiger partial charge is 0.308 e. The van der Waals surface area contributed by atoms with Crippen LogP contribution in [0.1, 0.15) is 59.5 Å². The molecule has 0 saturated carbocycles. The Morgan fingerprint density at radius 2 is 0.877 bits per heavy atom. The van der Waals surface area contributed by atoms with Crippen LogP contribution in [-0.2, 0) is 0 Å². The van der Waals surface area contributed by atoms with E-state index in [1.54, 1.807) is 0 Å². The number of aromatic nitrogens is 4. The first-order valence-electron chi connectivity index (χ1n) is 25.6. The van der Waals surface area contributed by atoms with Gasteiger partial charge in [0.1, 0.15) is 5.82 Å². The third kappa shape index (κ3) is 8.61. The van der Waals surface area contributed by atoms with Crippen LogP contribution in [-0.4, -0.2) is 19.5 Å². The Labute approximate surface area is 427 Å². The molecule has 2 heterocycles. The lowest BCUT2D eigenvalue weighted by Crippen LogP contribution is -2.09. The minimum Gasteiger partial charge on any atom is -0.308 e. The molecule has 73 heavy (non-hydrogen) atoms. The molecule has 4 nitrogen and oxygen atoms in total. The van der Waals surface area contributed by atoms with Crippen LogP contribution in [0.15, 0.2) is 261 Å². The number of allylic oxidation sites excluding steroid dienone is 12. The molecule has 0 fully saturated rings. The van der Waals surface area contributed by atoms with Gasteiger partial charge in [0.2, 0.25) is 0 Å². The van der Waals surface area contributed by atoms with Crippen molar-refractivity contribution in [1.29, 1.82) is 0 Å². The highest BCUT2D eigenvalue weighted by atomic mass is 15.0. The predicted molar refractivity (Wildman–Crippen MR) is 304 cm³/mol. The third-order valence-electron chi connectivity index (χ3n) is 14.8. The van der Waals surface area contributed by atoms with Crippen LogP contribution in [0.25, 0.3) is 89.2 Å². The van der Waals surface area contributed by atoms with Crippen LogP contribution in [0, 0.1) is 0 Å². The van der Waals surface area contributed by atoms with Crippen LogP contribution in [0.5, 0.6) is 0 Å². The van der Waals surface area contributed by atoms with Crippen molar-refractivity contribution in [2.45, 2.75) is 37.0 Å². The standard InChI is InChI=1S/C69H52N4/c1-7-19-47(20-8-1)51-31-35-53(36-32-51)60-45-59(69-71-67(55-27-15-5-16-28-55)70-68(72-69)56-29-17-6-18-30-56)46-61(54-37-33-52(34-38-54)48-21-9-2-10-22-48)66(60)73-64-41-39-57(49-23-11-3-12-24-49)43-62(64)63-44-58(40-42-65(63)73)50-25-13-4-14-26-50/h1-21,23-29,31,33-46,48,51,56H,22,30,32H2/t48?,51?,56-/m1/s1. The van der Waals surface area contributed by atoms with Gasteiger partial charge in [-0.05, 0) is 100 Å². The quantitative estimate of drug-likeness (QED) is 0.137. The Kier molecular flexibility index (Phi) is 11.6. The van der Waals surface area contributed by atoms with Crippen LogP contribution in [0.3, 0.4) is 0 Å². The van der Waals surface area contributed by atoms with Crippen LogP contribution < -0.4 is 0 Å². The van der Waals surface area contributed by atoms with Crippen LogP contribution in [0.4, 0.5) is 0 Å². The average Bonchev–Trinajstić information content (AvgIpc) is 3.81. The number of fused-ring (bicyclic) bond motifs is 3. The summed E-state index contributed by atoms with van der Waals surface area (Å²) in [6.45, 7) is 0. The van der Waals surface area contributed by atoms with Gasteiger partial charge in [-0.1, -0.05) is 225 Å². The minimum absolute atomic E-state index is 0.0294. The molecule has 8 aromatic carbocycles. The topological polar surface area (TPSA) is 43.6 Å². The second-order valence-electron chi connectivity index (χ2n) is 19.4. The molecular weight excluding hydrogens is 885 g/mol. The van der Waals surface area contributed by atoms with E-state index >= 15 is 0 Å². The lowest BCUT2D eigenvalue weighted by atomic mass is 9.85. The van der Waals surface area contributed by atoms with E-state index in [2.05, 4.69) is 259 Å². The SMILES string of the molecule is C1=CCC(c2ccc(-c3cc(-c4nc(-c5ccccc5)nc([C@@H]5C=CC=CC5)n4)cc(C4=CCC(c5ccccc5)C=C4)c3-n3c4ccc(-c5ccccc5)cc4c4cc(-c5ccccc5)ccc43)cc2)C=C1. The van der Waals surface area contributed by atoms with E-state index in [1.807, 2.05) is 6.07 Å². The second-order valence-corrected chi connectivity index (χ2v) is 19.4. The van der Waals surface area contributed by atoms with Gasteiger partial charge in [-0.25, -0.2) is 15.0 Å². The van der Waals surface area contributed by atoms with E-state index in [0.29, 0.717) is 17.6 Å². The summed E-state index contributed by atoms with van der Waals surface area (Å²) in [4.78, 5) is 15.9. The van der Waals surface area contributed by atoms with Gasteiger partial charge < -0.3 is 4.57 Å². The van der Waals surface area contributed by atoms with Gasteiger partial charge in [-0.3, -0.25) is 0 Å². The summed E-state index contributed by atoms with van der Waals surface area (Å²) in [5, 5.41) is 2.40. The van der Waals surface area contributed by atoms with Crippen LogP contribution >= 0.6 is 0 Å². The maximum atomic E-state index is 5.40. The van der Waals surface area contributed by atoms with Crippen molar-refractivity contribution >= 4 is 27.4 Å². The van der Waals surface area contributed by atoms with Crippen molar-refractivity contribution in [3.63, 3.8) is 0 Å². The molecule has 10 aromatic rings. The fourth-order valence-corrected chi connectivity index (χ4v) is 11.0. The molecule has 0 aliphatic heterocycles. The van der Waals surface area contributed by atoms with Gasteiger partial charge in [0.25, 0.3) is 0 Å². The predicted octanol–water partition coefficient (Wildman–Crippen LogP) is 17.6. The highest BCUT2D eigenvalue weighted by Crippen LogP contribution is 2.46. The van der Waals surface area contributed by atoms with E-state index in [9.17, 15) is 0 Å². The minimum atomic E-state index is 0.0294. The fourth-order valence-electron chi connectivity index (χ4n) is 11.0. The number of rotatable bonds is 10. The molecule has 0 spiro atoms. The average molecular weight is 937 g/mol. The first-order chi connectivity index (χ1) is 36.2. The van der Waals surface area contributed by atoms with E-state index in [1.165, 1.54) is 44.2 Å². The molecule has 0 saturated heterocycles. The van der Waals surface area contributed by atoms with E-state index in [0.717, 1.165) is 75.2 Å². The van der Waals surface area contributed by atoms with Crippen molar-refractivity contribution in [3.05, 3.63) is 283 Å². The maximum absolute atomic E-state index is 5.40. The lowest BCUT2D eigenvalue weighted by molar-refractivity contribution is 0.764. The molecule has 2 aromatic heterocycles. The summed E-state index contributed by atoms with van der Waals surface area (Å²) in [6.07, 6.45) is 27.4. The molecule has 13 rings (SSSR count). The summed E-state index contributed by atoms with van der Waals surface area (Å²) in [5.41, 5.74) is 17.1. The first kappa shape index (κ1) is 44.0. The molecule has 0 bridgehead atoms. The summed E-state index contributed by atoms with van der Waals surface area (Å²) in [5.74, 6) is 2.72. The van der Waals surface area contributed by atoms with E-state index < -0.39 is 0 Å². The van der Waals surface area contributed by atoms with Gasteiger partial charge >= 0.3 is 0 Å². The Balaban J connectivity index is 1.10. The van der Waals surface area contributed by atoms with Crippen molar-refractivity contribution in [2.24, 2.45) is 0 Å². The van der Waals surface area contributed by atoms with Gasteiger partial charge in [0, 0.05) is 50.8 Å². The van der Waals surface area contributed by atoms with Crippen molar-refractivity contribution in [3.8, 4) is 61.8 Å². The summed E-state index contributed by atoms with van der Waals surface area (Å²) >= 11 is 0. The smallest absolute Gasteiger partial charge is 0.163 e. The normalized spacial score (nSPS) is 17.1. The zero-order chi connectivity index (χ0) is 48.5. The van der Waals surface area contributed by atoms with Gasteiger partial charge in [-0.15, -0.1) is 0 Å². The zero-order valence-electron chi connectivity index (χ0n) is 40.5. The number of benzene rings is 8. The molecule has 348 valence electrons. The number of hydrogen-bond acceptors (Lipinski definition) is 3. The van der Waals surface area contributed by atoms with Gasteiger partial charge in [-0.2, -0.15) is 0 Å². The molecule has 2 unspecified atom stereocenters. The van der Waals surface area contributed by atoms with Crippen LogP contribution in [0.2, 0.25) is 0 Å². The molecule has 3 aliphatic rings. The zero-order valence-corrected chi connectivity index (χ0v) is 40.5. The van der Waals surface area contributed by atoms with Gasteiger partial charge in [0.05, 0.1) is 16.7 Å². The second kappa shape index (κ2) is 19.3. The molecule has 0 amide bonds. The summed E-state index contributed by atoms with van der Waals surface area (Å²) < 4.78 is 2.54. The molecule has 0 radical (unpaired) electrons. The molecule has 3 aliphatic carbocycles. The summed E-state index contributed by atoms with van der Waals surface area (Å²) in [6, 6.07) is 70.7. The summed E-state index contributed by atoms with van der Waals surface area (Å²) in [7, 11) is 0. The number of hydrogen-bond donors (Lipinski definition) is 0. The van der Waals surface area contributed by atoms with Gasteiger partial charge in [0.15, 0.2) is 11.6 Å². The highest BCUT2D eigenvalue weighted by Gasteiger charge is 2.26. The van der Waals surface area contributed by atoms with Crippen molar-refractivity contribution in [2.75, 3.05) is 0 Å². The molecule has 3 atom stereocenters. The van der Waals surface area contributed by atoms with Crippen molar-refractivity contribution < 1.29 is 0 Å². The molecular formula is C69H52N4. The lowest BCUT2D eigenvalue weighted by Gasteiger charge is -2.24. The Hall–Kier alpha value is -8.99. The fraction of sp³-hybridized carbons (Fsp3) is 0.0870. The number of nitrogens with zero attached hydrogens (tertiary/aromatic N) is 4.